The zero-order valence-electron chi connectivity index (χ0n) is 11.3. The van der Waals surface area contributed by atoms with Gasteiger partial charge in [-0.2, -0.15) is 0 Å². The van der Waals surface area contributed by atoms with Gasteiger partial charge in [-0.1, -0.05) is 31.0 Å². The molecule has 0 aliphatic heterocycles. The normalized spacial score (nSPS) is 16.9. The number of hydrogen-bond donors (Lipinski definition) is 3. The quantitative estimate of drug-likeness (QED) is 0.769. The molecule has 0 bridgehead atoms. The lowest BCUT2D eigenvalue weighted by Crippen LogP contribution is -2.32. The van der Waals surface area contributed by atoms with Crippen molar-refractivity contribution in [1.82, 2.24) is 0 Å². The average Bonchev–Trinajstić information content (AvgIpc) is 2.89. The highest BCUT2D eigenvalue weighted by Crippen LogP contribution is 2.41. The van der Waals surface area contributed by atoms with Crippen molar-refractivity contribution in [3.8, 4) is 0 Å². The summed E-state index contributed by atoms with van der Waals surface area (Å²) in [6, 6.07) is 6.96. The molecule has 1 aliphatic rings. The molecule has 1 aromatic carbocycles. The number of aliphatic hydroxyl groups excluding tert-OH is 1. The number of rotatable bonds is 5. The molecule has 0 atom stereocenters. The summed E-state index contributed by atoms with van der Waals surface area (Å²) in [5.41, 5.74) is 0.244. The first-order chi connectivity index (χ1) is 9.57. The number of anilines is 1. The van der Waals surface area contributed by atoms with Crippen molar-refractivity contribution in [1.29, 1.82) is 0 Å². The third kappa shape index (κ3) is 2.99. The maximum Gasteiger partial charge on any atom is 0.310 e. The van der Waals surface area contributed by atoms with Crippen molar-refractivity contribution < 1.29 is 19.8 Å². The first kappa shape index (κ1) is 14.5. The lowest BCUT2D eigenvalue weighted by molar-refractivity contribution is -0.150. The minimum atomic E-state index is -0.918. The Morgan fingerprint density at radius 1 is 1.20 bits per heavy atom. The number of aliphatic hydroxyl groups is 1. The standard InChI is InChI=1S/C15H19NO4/c17-10-11-5-1-2-6-12(11)16-13(18)9-15(14(19)20)7-3-4-8-15/h1-2,5-6,17H,3-4,7-10H2,(H,16,18)(H,19,20). The fourth-order valence-corrected chi connectivity index (χ4v) is 2.80. The highest BCUT2D eigenvalue weighted by molar-refractivity contribution is 5.94. The van der Waals surface area contributed by atoms with E-state index in [0.29, 0.717) is 24.1 Å². The SMILES string of the molecule is O=C(CC1(C(=O)O)CCCC1)Nc1ccccc1CO. The van der Waals surface area contributed by atoms with Gasteiger partial charge in [0.15, 0.2) is 0 Å². The molecule has 1 fully saturated rings. The molecule has 0 radical (unpaired) electrons. The van der Waals surface area contributed by atoms with E-state index in [-0.39, 0.29) is 18.9 Å². The third-order valence-electron chi connectivity index (χ3n) is 3.98. The van der Waals surface area contributed by atoms with E-state index in [0.717, 1.165) is 12.8 Å². The number of nitrogens with one attached hydrogen (secondary N) is 1. The summed E-state index contributed by atoms with van der Waals surface area (Å²) in [5, 5.41) is 21.3. The molecule has 1 amide bonds. The smallest absolute Gasteiger partial charge is 0.310 e. The van der Waals surface area contributed by atoms with Crippen LogP contribution in [0, 0.1) is 5.41 Å². The predicted octanol–water partition coefficient (Wildman–Crippen LogP) is 2.15. The molecule has 1 saturated carbocycles. The molecular weight excluding hydrogens is 258 g/mol. The fourth-order valence-electron chi connectivity index (χ4n) is 2.80. The summed E-state index contributed by atoms with van der Waals surface area (Å²) in [6.45, 7) is -0.166. The largest absolute Gasteiger partial charge is 0.481 e. The molecule has 0 heterocycles. The van der Waals surface area contributed by atoms with Crippen molar-refractivity contribution in [2.24, 2.45) is 5.41 Å². The van der Waals surface area contributed by atoms with Crippen LogP contribution in [0.25, 0.3) is 0 Å². The van der Waals surface area contributed by atoms with Crippen molar-refractivity contribution in [2.75, 3.05) is 5.32 Å². The Hall–Kier alpha value is -1.88. The van der Waals surface area contributed by atoms with Gasteiger partial charge in [-0.15, -0.1) is 0 Å². The summed E-state index contributed by atoms with van der Waals surface area (Å²) >= 11 is 0. The van der Waals surface area contributed by atoms with Gasteiger partial charge in [-0.3, -0.25) is 9.59 Å². The van der Waals surface area contributed by atoms with Gasteiger partial charge in [0, 0.05) is 17.7 Å². The molecule has 5 heteroatoms. The molecule has 0 spiro atoms. The summed E-state index contributed by atoms with van der Waals surface area (Å²) in [4.78, 5) is 23.5. The van der Waals surface area contributed by atoms with E-state index >= 15 is 0 Å². The van der Waals surface area contributed by atoms with Gasteiger partial charge in [0.25, 0.3) is 0 Å². The van der Waals surface area contributed by atoms with Crippen LogP contribution in [0.1, 0.15) is 37.7 Å². The van der Waals surface area contributed by atoms with Crippen LogP contribution in [0.4, 0.5) is 5.69 Å². The lowest BCUT2D eigenvalue weighted by Gasteiger charge is -2.23. The maximum atomic E-state index is 12.1. The Bertz CT molecular complexity index is 506. The molecular formula is C15H19NO4. The maximum absolute atomic E-state index is 12.1. The first-order valence-corrected chi connectivity index (χ1v) is 6.79. The van der Waals surface area contributed by atoms with Crippen LogP contribution >= 0.6 is 0 Å². The van der Waals surface area contributed by atoms with Crippen molar-refractivity contribution in [3.05, 3.63) is 29.8 Å². The number of carboxylic acid groups (broad SMARTS) is 1. The van der Waals surface area contributed by atoms with E-state index in [4.69, 9.17) is 0 Å². The number of para-hydroxylation sites is 1. The molecule has 20 heavy (non-hydrogen) atoms. The molecule has 0 saturated heterocycles. The number of benzene rings is 1. The predicted molar refractivity (Wildman–Crippen MR) is 74.1 cm³/mol. The van der Waals surface area contributed by atoms with Crippen LogP contribution in [-0.4, -0.2) is 22.1 Å². The first-order valence-electron chi connectivity index (χ1n) is 6.79. The number of carboxylic acids is 1. The second-order valence-electron chi connectivity index (χ2n) is 5.33. The number of amides is 1. The Kier molecular flexibility index (Phi) is 4.39. The number of hydrogen-bond acceptors (Lipinski definition) is 3. The van der Waals surface area contributed by atoms with Gasteiger partial charge in [0.05, 0.1) is 12.0 Å². The fraction of sp³-hybridized carbons (Fsp3) is 0.467. The van der Waals surface area contributed by atoms with Crippen molar-refractivity contribution in [3.63, 3.8) is 0 Å². The van der Waals surface area contributed by atoms with Gasteiger partial charge in [-0.05, 0) is 18.9 Å². The summed E-state index contributed by atoms with van der Waals surface area (Å²) in [5.74, 6) is -1.20. The number of carbonyl (C=O) groups is 2. The summed E-state index contributed by atoms with van der Waals surface area (Å²) in [7, 11) is 0. The van der Waals surface area contributed by atoms with Gasteiger partial charge < -0.3 is 15.5 Å². The molecule has 0 aromatic heterocycles. The molecule has 3 N–H and O–H groups in total. The third-order valence-corrected chi connectivity index (χ3v) is 3.98. The Morgan fingerprint density at radius 3 is 2.45 bits per heavy atom. The topological polar surface area (TPSA) is 86.6 Å². The van der Waals surface area contributed by atoms with Gasteiger partial charge in [-0.25, -0.2) is 0 Å². The Labute approximate surface area is 117 Å². The molecule has 2 rings (SSSR count). The summed E-state index contributed by atoms with van der Waals surface area (Å²) < 4.78 is 0. The van der Waals surface area contributed by atoms with E-state index in [1.807, 2.05) is 0 Å². The molecule has 0 unspecified atom stereocenters. The van der Waals surface area contributed by atoms with E-state index < -0.39 is 11.4 Å². The highest BCUT2D eigenvalue weighted by atomic mass is 16.4. The van der Waals surface area contributed by atoms with Gasteiger partial charge >= 0.3 is 5.97 Å². The van der Waals surface area contributed by atoms with Crippen LogP contribution in [0.2, 0.25) is 0 Å². The minimum Gasteiger partial charge on any atom is -0.481 e. The van der Waals surface area contributed by atoms with Crippen molar-refractivity contribution in [2.45, 2.75) is 38.7 Å². The van der Waals surface area contributed by atoms with Crippen LogP contribution in [0.5, 0.6) is 0 Å². The number of carbonyl (C=O) groups excluding carboxylic acids is 1. The Balaban J connectivity index is 2.07. The van der Waals surface area contributed by atoms with E-state index in [9.17, 15) is 19.8 Å². The van der Waals surface area contributed by atoms with Crippen LogP contribution < -0.4 is 5.32 Å². The molecule has 1 aromatic rings. The van der Waals surface area contributed by atoms with Gasteiger partial charge in [0.1, 0.15) is 0 Å². The molecule has 1 aliphatic carbocycles. The van der Waals surface area contributed by atoms with E-state index in [1.54, 1.807) is 24.3 Å². The second kappa shape index (κ2) is 6.05. The minimum absolute atomic E-state index is 0.0118. The summed E-state index contributed by atoms with van der Waals surface area (Å²) in [6.07, 6.45) is 2.80. The van der Waals surface area contributed by atoms with E-state index in [2.05, 4.69) is 5.32 Å². The molecule has 5 nitrogen and oxygen atoms in total. The van der Waals surface area contributed by atoms with Gasteiger partial charge in [0.2, 0.25) is 5.91 Å². The molecule has 108 valence electrons. The average molecular weight is 277 g/mol. The van der Waals surface area contributed by atoms with Crippen molar-refractivity contribution >= 4 is 17.6 Å². The zero-order chi connectivity index (χ0) is 14.6. The van der Waals surface area contributed by atoms with Crippen LogP contribution in [0.3, 0.4) is 0 Å². The van der Waals surface area contributed by atoms with Crippen LogP contribution in [0.15, 0.2) is 24.3 Å². The highest BCUT2D eigenvalue weighted by Gasteiger charge is 2.42. The van der Waals surface area contributed by atoms with Crippen LogP contribution in [-0.2, 0) is 16.2 Å². The lowest BCUT2D eigenvalue weighted by atomic mass is 9.82. The second-order valence-corrected chi connectivity index (χ2v) is 5.33. The zero-order valence-corrected chi connectivity index (χ0v) is 11.3. The monoisotopic (exact) mass is 277 g/mol. The Morgan fingerprint density at radius 2 is 1.85 bits per heavy atom. The van der Waals surface area contributed by atoms with E-state index in [1.165, 1.54) is 0 Å². The number of aliphatic carboxylic acids is 1.